The Morgan fingerprint density at radius 3 is 2.12 bits per heavy atom. The first-order valence-electron chi connectivity index (χ1n) is 4.66. The zero-order chi connectivity index (χ0) is 12.4. The zero-order valence-corrected chi connectivity index (χ0v) is 12.3. The molecule has 0 radical (unpaired) electrons. The van der Waals surface area contributed by atoms with Crippen LogP contribution < -0.4 is 4.89 Å². The Labute approximate surface area is 110 Å². The number of halogens is 1. The predicted octanol–water partition coefficient (Wildman–Crippen LogP) is 2.30. The first-order chi connectivity index (χ1) is 7.21. The molecule has 0 saturated heterocycles. The first-order valence-corrected chi connectivity index (χ1v) is 7.22. The third-order valence-corrected chi connectivity index (χ3v) is 3.50. The Kier molecular flexibility index (Phi) is 4.33. The summed E-state index contributed by atoms with van der Waals surface area (Å²) in [6.07, 6.45) is 0. The van der Waals surface area contributed by atoms with Crippen LogP contribution in [0.3, 0.4) is 0 Å². The van der Waals surface area contributed by atoms with Gasteiger partial charge in [-0.15, -0.1) is 0 Å². The standard InChI is InChI=1S/C10H14INO3S/c1-10(2,3)15-12-16(13,14)9-6-4-8(11)5-7-9/h4-7,12H,1-3H3. The molecule has 0 bridgehead atoms. The molecule has 0 aromatic heterocycles. The molecule has 1 aromatic rings. The molecule has 0 heterocycles. The first kappa shape index (κ1) is 13.9. The van der Waals surface area contributed by atoms with E-state index in [-0.39, 0.29) is 4.90 Å². The fourth-order valence-corrected chi connectivity index (χ4v) is 2.15. The fraction of sp³-hybridized carbons (Fsp3) is 0.400. The van der Waals surface area contributed by atoms with Gasteiger partial charge in [-0.25, -0.2) is 8.42 Å². The topological polar surface area (TPSA) is 55.4 Å². The molecule has 0 fully saturated rings. The van der Waals surface area contributed by atoms with Crippen LogP contribution in [0.1, 0.15) is 20.8 Å². The van der Waals surface area contributed by atoms with Crippen molar-refractivity contribution in [2.24, 2.45) is 0 Å². The quantitative estimate of drug-likeness (QED) is 0.669. The van der Waals surface area contributed by atoms with E-state index in [2.05, 4.69) is 27.5 Å². The molecule has 6 heteroatoms. The molecular weight excluding hydrogens is 341 g/mol. The normalized spacial score (nSPS) is 12.8. The molecule has 0 aliphatic rings. The minimum Gasteiger partial charge on any atom is -0.281 e. The Bertz CT molecular complexity index is 448. The van der Waals surface area contributed by atoms with E-state index in [0.717, 1.165) is 3.57 Å². The van der Waals surface area contributed by atoms with Crippen LogP contribution >= 0.6 is 22.6 Å². The second-order valence-corrected chi connectivity index (χ2v) is 7.15. The summed E-state index contributed by atoms with van der Waals surface area (Å²) in [6.45, 7) is 5.30. The molecule has 0 amide bonds. The van der Waals surface area contributed by atoms with Gasteiger partial charge in [-0.1, -0.05) is 4.89 Å². The molecule has 90 valence electrons. The van der Waals surface area contributed by atoms with Crippen molar-refractivity contribution >= 4 is 32.6 Å². The monoisotopic (exact) mass is 355 g/mol. The fourth-order valence-electron chi connectivity index (χ4n) is 0.842. The van der Waals surface area contributed by atoms with Gasteiger partial charge in [-0.05, 0) is 67.6 Å². The van der Waals surface area contributed by atoms with E-state index >= 15 is 0 Å². The summed E-state index contributed by atoms with van der Waals surface area (Å²) in [5, 5.41) is 0. The van der Waals surface area contributed by atoms with Gasteiger partial charge in [0.25, 0.3) is 10.0 Å². The molecule has 0 aliphatic heterocycles. The van der Waals surface area contributed by atoms with Crippen molar-refractivity contribution in [3.8, 4) is 0 Å². The molecule has 16 heavy (non-hydrogen) atoms. The second kappa shape index (κ2) is 4.99. The van der Waals surface area contributed by atoms with Crippen molar-refractivity contribution in [1.29, 1.82) is 0 Å². The molecule has 0 spiro atoms. The summed E-state index contributed by atoms with van der Waals surface area (Å²) in [5.41, 5.74) is -0.559. The predicted molar refractivity (Wildman–Crippen MR) is 70.3 cm³/mol. The van der Waals surface area contributed by atoms with Gasteiger partial charge in [0.2, 0.25) is 0 Å². The summed E-state index contributed by atoms with van der Waals surface area (Å²) >= 11 is 2.11. The maximum absolute atomic E-state index is 11.8. The lowest BCUT2D eigenvalue weighted by molar-refractivity contribution is -0.0357. The number of sulfonamides is 1. The van der Waals surface area contributed by atoms with E-state index in [1.165, 1.54) is 12.1 Å². The third-order valence-electron chi connectivity index (χ3n) is 1.58. The van der Waals surface area contributed by atoms with Crippen molar-refractivity contribution in [2.75, 3.05) is 0 Å². The lowest BCUT2D eigenvalue weighted by atomic mass is 10.2. The van der Waals surface area contributed by atoms with E-state index in [9.17, 15) is 8.42 Å². The van der Waals surface area contributed by atoms with Crippen LogP contribution in [0, 0.1) is 3.57 Å². The smallest absolute Gasteiger partial charge is 0.262 e. The molecule has 1 aromatic carbocycles. The van der Waals surface area contributed by atoms with E-state index < -0.39 is 15.6 Å². The van der Waals surface area contributed by atoms with Gasteiger partial charge in [0.15, 0.2) is 0 Å². The van der Waals surface area contributed by atoms with Crippen LogP contribution in [0.5, 0.6) is 0 Å². The van der Waals surface area contributed by atoms with Gasteiger partial charge < -0.3 is 0 Å². The van der Waals surface area contributed by atoms with E-state index in [4.69, 9.17) is 4.84 Å². The Hall–Kier alpha value is -0.180. The van der Waals surface area contributed by atoms with Crippen molar-refractivity contribution in [3.63, 3.8) is 0 Å². The van der Waals surface area contributed by atoms with Gasteiger partial charge in [0.05, 0.1) is 10.5 Å². The maximum atomic E-state index is 11.8. The summed E-state index contributed by atoms with van der Waals surface area (Å²) in [5.74, 6) is 0. The third kappa shape index (κ3) is 4.36. The molecule has 1 N–H and O–H groups in total. The summed E-state index contributed by atoms with van der Waals surface area (Å²) in [6, 6.07) is 6.53. The minimum absolute atomic E-state index is 0.192. The zero-order valence-electron chi connectivity index (χ0n) is 9.32. The van der Waals surface area contributed by atoms with Gasteiger partial charge in [-0.3, -0.25) is 4.84 Å². The van der Waals surface area contributed by atoms with Gasteiger partial charge in [-0.2, -0.15) is 0 Å². The van der Waals surface area contributed by atoms with Gasteiger partial charge in [0.1, 0.15) is 0 Å². The largest absolute Gasteiger partial charge is 0.281 e. The maximum Gasteiger partial charge on any atom is 0.262 e. The van der Waals surface area contributed by atoms with Crippen LogP contribution in [0.15, 0.2) is 29.2 Å². The molecule has 4 nitrogen and oxygen atoms in total. The highest BCUT2D eigenvalue weighted by molar-refractivity contribution is 14.1. The number of nitrogens with one attached hydrogen (secondary N) is 1. The summed E-state index contributed by atoms with van der Waals surface area (Å²) < 4.78 is 24.5. The van der Waals surface area contributed by atoms with E-state index in [1.807, 2.05) is 0 Å². The average molecular weight is 355 g/mol. The highest BCUT2D eigenvalue weighted by atomic mass is 127. The Morgan fingerprint density at radius 1 is 1.19 bits per heavy atom. The molecule has 0 atom stereocenters. The van der Waals surface area contributed by atoms with Crippen molar-refractivity contribution in [3.05, 3.63) is 27.8 Å². The highest BCUT2D eigenvalue weighted by Crippen LogP contribution is 2.13. The molecule has 0 unspecified atom stereocenters. The summed E-state index contributed by atoms with van der Waals surface area (Å²) in [4.78, 5) is 7.34. The SMILES string of the molecule is CC(C)(C)ONS(=O)(=O)c1ccc(I)cc1. The molecular formula is C10H14INO3S. The number of benzene rings is 1. The van der Waals surface area contributed by atoms with Crippen LogP contribution in [0.25, 0.3) is 0 Å². The van der Waals surface area contributed by atoms with Crippen molar-refractivity contribution in [1.82, 2.24) is 4.89 Å². The highest BCUT2D eigenvalue weighted by Gasteiger charge is 2.18. The van der Waals surface area contributed by atoms with Gasteiger partial charge in [0, 0.05) is 3.57 Å². The number of hydrogen-bond donors (Lipinski definition) is 1. The molecule has 0 aliphatic carbocycles. The van der Waals surface area contributed by atoms with Gasteiger partial charge >= 0.3 is 0 Å². The summed E-state index contributed by atoms with van der Waals surface area (Å²) in [7, 11) is -3.59. The minimum atomic E-state index is -3.59. The second-order valence-electron chi connectivity index (χ2n) is 4.26. The number of hydrogen-bond acceptors (Lipinski definition) is 3. The molecule has 0 saturated carbocycles. The Morgan fingerprint density at radius 2 is 1.69 bits per heavy atom. The van der Waals surface area contributed by atoms with Crippen molar-refractivity contribution < 1.29 is 13.3 Å². The van der Waals surface area contributed by atoms with Crippen molar-refractivity contribution in [2.45, 2.75) is 31.3 Å². The lowest BCUT2D eigenvalue weighted by Gasteiger charge is -2.19. The molecule has 1 rings (SSSR count). The van der Waals surface area contributed by atoms with E-state index in [1.54, 1.807) is 32.9 Å². The number of rotatable bonds is 3. The average Bonchev–Trinajstić information content (AvgIpc) is 2.15. The lowest BCUT2D eigenvalue weighted by Crippen LogP contribution is -2.33. The van der Waals surface area contributed by atoms with E-state index in [0.29, 0.717) is 0 Å². The van der Waals surface area contributed by atoms with Crippen LogP contribution in [0.2, 0.25) is 0 Å². The Balaban J connectivity index is 2.83. The van der Waals surface area contributed by atoms with Crippen LogP contribution in [-0.2, 0) is 14.9 Å². The van der Waals surface area contributed by atoms with Crippen LogP contribution in [-0.4, -0.2) is 14.0 Å². The van der Waals surface area contributed by atoms with Crippen LogP contribution in [0.4, 0.5) is 0 Å².